The van der Waals surface area contributed by atoms with Crippen molar-refractivity contribution < 1.29 is 24.2 Å². The van der Waals surface area contributed by atoms with Crippen LogP contribution in [0.2, 0.25) is 0 Å². The molecule has 0 spiro atoms. The van der Waals surface area contributed by atoms with E-state index in [-0.39, 0.29) is 25.3 Å². The number of benzene rings is 1. The number of oxime groups is 1. The number of nitrogens with zero attached hydrogens (tertiary/aromatic N) is 2. The van der Waals surface area contributed by atoms with Crippen molar-refractivity contribution in [2.45, 2.75) is 32.8 Å². The number of aryl methyl sites for hydroxylation is 1. The van der Waals surface area contributed by atoms with Crippen molar-refractivity contribution in [2.24, 2.45) is 5.16 Å². The number of methoxy groups -OCH3 is 1. The van der Waals surface area contributed by atoms with Crippen molar-refractivity contribution in [1.29, 1.82) is 0 Å². The Kier molecular flexibility index (Phi) is 6.26. The lowest BCUT2D eigenvalue weighted by atomic mass is 9.98. The van der Waals surface area contributed by atoms with Crippen molar-refractivity contribution >= 4 is 11.7 Å². The molecule has 0 saturated heterocycles. The van der Waals surface area contributed by atoms with Gasteiger partial charge in [-0.25, -0.2) is 4.79 Å². The first-order valence-corrected chi connectivity index (χ1v) is 9.22. The van der Waals surface area contributed by atoms with Gasteiger partial charge in [0.05, 0.1) is 30.7 Å². The molecule has 3 rings (SSSR count). The molecule has 0 bridgehead atoms. The summed E-state index contributed by atoms with van der Waals surface area (Å²) in [5, 5.41) is 13.0. The monoisotopic (exact) mass is 384 g/mol. The largest absolute Gasteiger partial charge is 0.491 e. The fourth-order valence-corrected chi connectivity index (χ4v) is 3.24. The van der Waals surface area contributed by atoms with Crippen LogP contribution >= 0.6 is 0 Å². The quantitative estimate of drug-likeness (QED) is 0.738. The fraction of sp³-hybridized carbons (Fsp3) is 0.381. The van der Waals surface area contributed by atoms with Crippen LogP contribution in [0.25, 0.3) is 0 Å². The maximum Gasteiger partial charge on any atom is 0.338 e. The van der Waals surface area contributed by atoms with E-state index in [1.807, 2.05) is 38.1 Å². The molecule has 2 heterocycles. The molecule has 1 atom stereocenters. The minimum Gasteiger partial charge on any atom is -0.491 e. The van der Waals surface area contributed by atoms with E-state index in [0.717, 1.165) is 22.5 Å². The number of rotatable bonds is 7. The topological polar surface area (TPSA) is 90.2 Å². The Morgan fingerprint density at radius 2 is 2.07 bits per heavy atom. The van der Waals surface area contributed by atoms with Crippen molar-refractivity contribution in [3.63, 3.8) is 0 Å². The number of carbonyl (C=O) groups is 1. The van der Waals surface area contributed by atoms with Gasteiger partial charge < -0.3 is 19.4 Å². The van der Waals surface area contributed by atoms with Gasteiger partial charge in [-0.2, -0.15) is 0 Å². The fourth-order valence-electron chi connectivity index (χ4n) is 3.24. The Hall–Kier alpha value is -2.93. The van der Waals surface area contributed by atoms with Gasteiger partial charge in [0.15, 0.2) is 6.10 Å². The first-order valence-electron chi connectivity index (χ1n) is 9.22. The van der Waals surface area contributed by atoms with E-state index in [1.165, 1.54) is 7.11 Å². The number of hydrogen-bond acceptors (Lipinski definition) is 7. The predicted octanol–water partition coefficient (Wildman–Crippen LogP) is 2.98. The number of aliphatic hydroxyl groups is 1. The van der Waals surface area contributed by atoms with E-state index < -0.39 is 0 Å². The zero-order chi connectivity index (χ0) is 20.1. The molecular weight excluding hydrogens is 360 g/mol. The number of ether oxygens (including phenoxy) is 2. The van der Waals surface area contributed by atoms with Crippen LogP contribution in [0.15, 0.2) is 35.5 Å². The average molecular weight is 384 g/mol. The van der Waals surface area contributed by atoms with Gasteiger partial charge in [0, 0.05) is 12.1 Å². The smallest absolute Gasteiger partial charge is 0.338 e. The number of aliphatic hydroxyl groups excluding tert-OH is 1. The maximum atomic E-state index is 12.2. The number of hydrogen-bond donors (Lipinski definition) is 1. The molecule has 0 radical (unpaired) electrons. The zero-order valence-electron chi connectivity index (χ0n) is 16.3. The summed E-state index contributed by atoms with van der Waals surface area (Å²) < 4.78 is 10.3. The summed E-state index contributed by atoms with van der Waals surface area (Å²) in [5.74, 6) is 0.310. The summed E-state index contributed by atoms with van der Waals surface area (Å²) in [6, 6.07) is 9.20. The molecule has 1 unspecified atom stereocenters. The third-order valence-corrected chi connectivity index (χ3v) is 4.66. The van der Waals surface area contributed by atoms with Crippen molar-refractivity contribution in [3.8, 4) is 5.75 Å². The molecule has 1 aliphatic rings. The molecule has 28 heavy (non-hydrogen) atoms. The highest BCUT2D eigenvalue weighted by atomic mass is 16.6. The van der Waals surface area contributed by atoms with Crippen LogP contribution in [0, 0.1) is 6.92 Å². The van der Waals surface area contributed by atoms with Crippen LogP contribution in [-0.2, 0) is 16.0 Å². The Labute approximate surface area is 163 Å². The van der Waals surface area contributed by atoms with E-state index >= 15 is 0 Å². The van der Waals surface area contributed by atoms with Gasteiger partial charge in [-0.15, -0.1) is 0 Å². The molecule has 1 aliphatic heterocycles. The molecule has 1 aromatic heterocycles. The second-order valence-electron chi connectivity index (χ2n) is 6.44. The molecule has 0 amide bonds. The third-order valence-electron chi connectivity index (χ3n) is 4.66. The Balaban J connectivity index is 1.77. The Morgan fingerprint density at radius 3 is 2.71 bits per heavy atom. The number of aromatic nitrogens is 1. The van der Waals surface area contributed by atoms with E-state index in [0.29, 0.717) is 29.8 Å². The van der Waals surface area contributed by atoms with Gasteiger partial charge in [0.25, 0.3) is 0 Å². The van der Waals surface area contributed by atoms with Crippen LogP contribution in [0.4, 0.5) is 0 Å². The molecule has 7 heteroatoms. The highest BCUT2D eigenvalue weighted by molar-refractivity contribution is 6.01. The van der Waals surface area contributed by atoms with Crippen molar-refractivity contribution in [2.75, 3.05) is 20.3 Å². The van der Waals surface area contributed by atoms with Gasteiger partial charge in [0.1, 0.15) is 12.4 Å². The normalized spacial score (nSPS) is 15.7. The van der Waals surface area contributed by atoms with Crippen molar-refractivity contribution in [3.05, 3.63) is 58.4 Å². The number of carbonyl (C=O) groups excluding carboxylic acids is 1. The van der Waals surface area contributed by atoms with E-state index in [1.54, 1.807) is 6.07 Å². The van der Waals surface area contributed by atoms with Crippen LogP contribution in [0.5, 0.6) is 5.75 Å². The minimum atomic E-state index is -0.374. The number of pyridine rings is 1. The highest BCUT2D eigenvalue weighted by Gasteiger charge is 2.27. The predicted molar refractivity (Wildman–Crippen MR) is 104 cm³/mol. The van der Waals surface area contributed by atoms with E-state index in [9.17, 15) is 4.79 Å². The van der Waals surface area contributed by atoms with Gasteiger partial charge in [-0.05, 0) is 54.8 Å². The summed E-state index contributed by atoms with van der Waals surface area (Å²) in [6.07, 6.45) is 0.894. The summed E-state index contributed by atoms with van der Waals surface area (Å²) >= 11 is 0. The molecule has 0 fully saturated rings. The summed E-state index contributed by atoms with van der Waals surface area (Å²) in [7, 11) is 1.37. The van der Waals surface area contributed by atoms with Crippen LogP contribution < -0.4 is 4.74 Å². The van der Waals surface area contributed by atoms with Gasteiger partial charge in [-0.1, -0.05) is 12.1 Å². The first kappa shape index (κ1) is 19.8. The number of esters is 1. The van der Waals surface area contributed by atoms with E-state index in [4.69, 9.17) is 19.4 Å². The van der Waals surface area contributed by atoms with Gasteiger partial charge in [0.2, 0.25) is 0 Å². The average Bonchev–Trinajstić information content (AvgIpc) is 3.21. The lowest BCUT2D eigenvalue weighted by Gasteiger charge is -2.14. The molecule has 7 nitrogen and oxygen atoms in total. The summed E-state index contributed by atoms with van der Waals surface area (Å²) in [4.78, 5) is 22.4. The molecule has 1 N–H and O–H groups in total. The van der Waals surface area contributed by atoms with Crippen LogP contribution in [0.3, 0.4) is 0 Å². The molecule has 1 aromatic carbocycles. The van der Waals surface area contributed by atoms with Crippen LogP contribution in [0.1, 0.15) is 52.3 Å². The van der Waals surface area contributed by atoms with Gasteiger partial charge >= 0.3 is 5.97 Å². The molecular formula is C21H24N2O5. The second kappa shape index (κ2) is 8.84. The third kappa shape index (κ3) is 4.14. The molecule has 148 valence electrons. The lowest BCUT2D eigenvalue weighted by Crippen LogP contribution is -2.12. The molecule has 0 aliphatic carbocycles. The second-order valence-corrected chi connectivity index (χ2v) is 6.44. The molecule has 0 saturated carbocycles. The Morgan fingerprint density at radius 1 is 1.32 bits per heavy atom. The first-order chi connectivity index (χ1) is 13.6. The lowest BCUT2D eigenvalue weighted by molar-refractivity contribution is 0.0597. The van der Waals surface area contributed by atoms with Crippen molar-refractivity contribution in [1.82, 2.24) is 4.98 Å². The molecule has 2 aromatic rings. The van der Waals surface area contributed by atoms with E-state index in [2.05, 4.69) is 10.1 Å². The maximum absolute atomic E-state index is 12.2. The summed E-state index contributed by atoms with van der Waals surface area (Å²) in [5.41, 5.74) is 4.59. The Bertz CT molecular complexity index is 877. The summed E-state index contributed by atoms with van der Waals surface area (Å²) in [6.45, 7) is 4.10. The zero-order valence-corrected chi connectivity index (χ0v) is 16.3. The SMILES string of the molecule is CCc1c(C(=O)OC)cc(C2CC(c3ccc(OCCO)cc3)=NO2)nc1C. The highest BCUT2D eigenvalue weighted by Crippen LogP contribution is 2.31. The standard InChI is InChI=1S/C21H24N2O5/c1-4-16-13(2)22-19(11-17(16)21(25)26-3)20-12-18(23-28-20)14-5-7-15(8-6-14)27-10-9-24/h5-8,11,20,24H,4,9-10,12H2,1-3H3. The van der Waals surface area contributed by atoms with Crippen LogP contribution in [-0.4, -0.2) is 42.1 Å². The van der Waals surface area contributed by atoms with Gasteiger partial charge in [-0.3, -0.25) is 4.98 Å². The minimum absolute atomic E-state index is 0.0270.